The molecule has 0 aliphatic carbocycles. The van der Waals surface area contributed by atoms with Crippen molar-refractivity contribution in [3.63, 3.8) is 0 Å². The molecule has 0 aromatic heterocycles. The van der Waals surface area contributed by atoms with Crippen LogP contribution < -0.4 is 0 Å². The molecule has 0 bridgehead atoms. The van der Waals surface area contributed by atoms with Gasteiger partial charge >= 0.3 is 5.71 Å². The number of rotatable bonds is 1. The Hall–Kier alpha value is -0.100. The molecule has 1 atom stereocenters. The molecule has 3 heteroatoms. The van der Waals surface area contributed by atoms with E-state index in [1.54, 1.807) is 0 Å². The van der Waals surface area contributed by atoms with Crippen molar-refractivity contribution in [2.24, 2.45) is 0 Å². The molecule has 0 N–H and O–H groups in total. The maximum absolute atomic E-state index is 9.99. The van der Waals surface area contributed by atoms with Crippen LogP contribution in [-0.2, 0) is 4.74 Å². The molecule has 0 aromatic rings. The molecule has 0 radical (unpaired) electrons. The zero-order chi connectivity index (χ0) is 5.86. The third-order valence-electron chi connectivity index (χ3n) is 0.352. The maximum atomic E-state index is 9.99. The van der Waals surface area contributed by atoms with Crippen molar-refractivity contribution in [1.82, 2.24) is 0 Å². The van der Waals surface area contributed by atoms with Crippen molar-refractivity contribution >= 4 is 15.0 Å². The first-order chi connectivity index (χ1) is 3.13. The van der Waals surface area contributed by atoms with E-state index in [1.165, 1.54) is 0 Å². The lowest BCUT2D eigenvalue weighted by atomic mass is 10.5. The van der Waals surface area contributed by atoms with Gasteiger partial charge in [-0.3, -0.25) is 0 Å². The fraction of sp³-hybridized carbons (Fsp3) is 0.750. The summed E-state index contributed by atoms with van der Waals surface area (Å²) in [5.74, 6) is 0. The van der Waals surface area contributed by atoms with Gasteiger partial charge in [-0.05, 0) is 23.1 Å². The SMILES string of the molecule is CC(C)OC(=O)P. The van der Waals surface area contributed by atoms with E-state index in [2.05, 4.69) is 4.74 Å². The molecule has 0 aromatic carbocycles. The first-order valence-electron chi connectivity index (χ1n) is 2.09. The van der Waals surface area contributed by atoms with Gasteiger partial charge in [-0.1, -0.05) is 0 Å². The summed E-state index contributed by atoms with van der Waals surface area (Å²) in [6, 6.07) is 0. The zero-order valence-corrected chi connectivity index (χ0v) is 5.63. The molecule has 7 heavy (non-hydrogen) atoms. The number of ether oxygens (including phenoxy) is 1. The predicted octanol–water partition coefficient (Wildman–Crippen LogP) is 1.41. The standard InChI is InChI=1S/C4H9O2P/c1-3(2)6-4(5)7/h3H,7H2,1-2H3. The van der Waals surface area contributed by atoms with Crippen molar-refractivity contribution in [3.8, 4) is 0 Å². The molecular formula is C4H9O2P. The topological polar surface area (TPSA) is 26.3 Å². The predicted molar refractivity (Wildman–Crippen MR) is 31.3 cm³/mol. The molecule has 42 valence electrons. The van der Waals surface area contributed by atoms with E-state index in [4.69, 9.17) is 0 Å². The molecule has 0 saturated carbocycles. The van der Waals surface area contributed by atoms with Gasteiger partial charge in [0.1, 0.15) is 0 Å². The Morgan fingerprint density at radius 2 is 2.14 bits per heavy atom. The summed E-state index contributed by atoms with van der Waals surface area (Å²) in [7, 11) is 1.94. The van der Waals surface area contributed by atoms with Crippen LogP contribution in [0.25, 0.3) is 0 Å². The summed E-state index contributed by atoms with van der Waals surface area (Å²) in [4.78, 5) is 9.99. The van der Waals surface area contributed by atoms with Gasteiger partial charge in [0.2, 0.25) is 0 Å². The van der Waals surface area contributed by atoms with E-state index in [0.29, 0.717) is 0 Å². The fourth-order valence-electron chi connectivity index (χ4n) is 0.232. The minimum absolute atomic E-state index is 0.00463. The summed E-state index contributed by atoms with van der Waals surface area (Å²) < 4.78 is 4.57. The summed E-state index contributed by atoms with van der Waals surface area (Å²) in [6.45, 7) is 3.62. The van der Waals surface area contributed by atoms with Crippen molar-refractivity contribution < 1.29 is 9.53 Å². The fourth-order valence-corrected chi connectivity index (χ4v) is 0.504. The van der Waals surface area contributed by atoms with Gasteiger partial charge in [0.25, 0.3) is 0 Å². The van der Waals surface area contributed by atoms with Crippen LogP contribution in [0.3, 0.4) is 0 Å². The second-order valence-electron chi connectivity index (χ2n) is 1.49. The molecule has 0 saturated heterocycles. The first-order valence-corrected chi connectivity index (χ1v) is 2.66. The van der Waals surface area contributed by atoms with Crippen LogP contribution in [0, 0.1) is 0 Å². The van der Waals surface area contributed by atoms with Crippen LogP contribution in [0.1, 0.15) is 13.8 Å². The van der Waals surface area contributed by atoms with Gasteiger partial charge in [0, 0.05) is 0 Å². The first kappa shape index (κ1) is 6.90. The highest BCUT2D eigenvalue weighted by Crippen LogP contribution is 1.95. The van der Waals surface area contributed by atoms with Crippen molar-refractivity contribution in [2.75, 3.05) is 0 Å². The van der Waals surface area contributed by atoms with Gasteiger partial charge in [0.15, 0.2) is 0 Å². The van der Waals surface area contributed by atoms with Gasteiger partial charge in [-0.25, -0.2) is 4.79 Å². The lowest BCUT2D eigenvalue weighted by molar-refractivity contribution is 0.142. The third-order valence-corrected chi connectivity index (χ3v) is 0.488. The van der Waals surface area contributed by atoms with Gasteiger partial charge in [0.05, 0.1) is 6.10 Å². The zero-order valence-electron chi connectivity index (χ0n) is 4.47. The van der Waals surface area contributed by atoms with E-state index in [-0.39, 0.29) is 11.8 Å². The van der Waals surface area contributed by atoms with E-state index in [0.717, 1.165) is 0 Å². The molecule has 0 aliphatic heterocycles. The molecule has 0 heterocycles. The third kappa shape index (κ3) is 5.90. The summed E-state index contributed by atoms with van der Waals surface area (Å²) >= 11 is 0. The summed E-state index contributed by atoms with van der Waals surface area (Å²) in [6.07, 6.45) is 0.00463. The number of hydrogen-bond donors (Lipinski definition) is 0. The maximum Gasteiger partial charge on any atom is 0.320 e. The van der Waals surface area contributed by atoms with Crippen molar-refractivity contribution in [1.29, 1.82) is 0 Å². The molecule has 0 aliphatic rings. The van der Waals surface area contributed by atoms with Crippen LogP contribution in [0.15, 0.2) is 0 Å². The van der Waals surface area contributed by atoms with Crippen LogP contribution in [0.4, 0.5) is 4.79 Å². The summed E-state index contributed by atoms with van der Waals surface area (Å²) in [5.41, 5.74) is -0.296. The molecular weight excluding hydrogens is 111 g/mol. The van der Waals surface area contributed by atoms with Gasteiger partial charge in [-0.15, -0.1) is 0 Å². The Kier molecular flexibility index (Phi) is 2.93. The van der Waals surface area contributed by atoms with Gasteiger partial charge < -0.3 is 4.74 Å². The Bertz CT molecular complexity index is 70.1. The van der Waals surface area contributed by atoms with Crippen LogP contribution in [-0.4, -0.2) is 11.8 Å². The Labute approximate surface area is 45.4 Å². The number of carbonyl (C=O) groups is 1. The largest absolute Gasteiger partial charge is 0.460 e. The quantitative estimate of drug-likeness (QED) is 0.489. The van der Waals surface area contributed by atoms with Crippen molar-refractivity contribution in [2.45, 2.75) is 20.0 Å². The van der Waals surface area contributed by atoms with E-state index in [9.17, 15) is 4.79 Å². The second-order valence-corrected chi connectivity index (χ2v) is 1.96. The van der Waals surface area contributed by atoms with Crippen molar-refractivity contribution in [3.05, 3.63) is 0 Å². The van der Waals surface area contributed by atoms with Crippen LogP contribution >= 0.6 is 9.24 Å². The van der Waals surface area contributed by atoms with Gasteiger partial charge in [-0.2, -0.15) is 0 Å². The molecule has 2 nitrogen and oxygen atoms in total. The molecule has 0 spiro atoms. The van der Waals surface area contributed by atoms with E-state index >= 15 is 0 Å². The highest BCUT2D eigenvalue weighted by molar-refractivity contribution is 7.39. The molecule has 1 unspecified atom stereocenters. The average molecular weight is 120 g/mol. The van der Waals surface area contributed by atoms with E-state index in [1.807, 2.05) is 23.1 Å². The molecule has 0 amide bonds. The highest BCUT2D eigenvalue weighted by atomic mass is 31.0. The minimum atomic E-state index is -0.296. The second kappa shape index (κ2) is 2.98. The van der Waals surface area contributed by atoms with Crippen LogP contribution in [0.2, 0.25) is 0 Å². The Morgan fingerprint density at radius 3 is 2.14 bits per heavy atom. The number of carbonyl (C=O) groups excluding carboxylic acids is 1. The minimum Gasteiger partial charge on any atom is -0.460 e. The lowest BCUT2D eigenvalue weighted by Crippen LogP contribution is -2.02. The highest BCUT2D eigenvalue weighted by Gasteiger charge is 1.93. The lowest BCUT2D eigenvalue weighted by Gasteiger charge is -2.01. The average Bonchev–Trinajstić information content (AvgIpc) is 1.27. The normalized spacial score (nSPS) is 9.14. The van der Waals surface area contributed by atoms with Crippen LogP contribution in [0.5, 0.6) is 0 Å². The Morgan fingerprint density at radius 1 is 1.71 bits per heavy atom. The molecule has 0 fully saturated rings. The monoisotopic (exact) mass is 120 g/mol. The molecule has 0 rings (SSSR count). The smallest absolute Gasteiger partial charge is 0.320 e. The van der Waals surface area contributed by atoms with E-state index < -0.39 is 0 Å². The number of hydrogen-bond acceptors (Lipinski definition) is 2. The summed E-state index contributed by atoms with van der Waals surface area (Å²) in [5, 5.41) is 0. The Balaban J connectivity index is 3.13.